The summed E-state index contributed by atoms with van der Waals surface area (Å²) in [6.07, 6.45) is 5.68. The third-order valence-corrected chi connectivity index (χ3v) is 4.79. The van der Waals surface area contributed by atoms with Crippen LogP contribution in [0.2, 0.25) is 0 Å². The molecule has 1 saturated carbocycles. The minimum Gasteiger partial charge on any atom is -0.377 e. The molecular formula is C15H24N4O2. The summed E-state index contributed by atoms with van der Waals surface area (Å²) in [4.78, 5) is 14.5. The Morgan fingerprint density at radius 1 is 1.29 bits per heavy atom. The highest BCUT2D eigenvalue weighted by Crippen LogP contribution is 2.31. The van der Waals surface area contributed by atoms with Gasteiger partial charge in [0, 0.05) is 26.6 Å². The first-order valence-corrected chi connectivity index (χ1v) is 7.91. The van der Waals surface area contributed by atoms with Crippen molar-refractivity contribution < 1.29 is 9.53 Å². The number of nitrogens with zero attached hydrogens (tertiary/aromatic N) is 4. The van der Waals surface area contributed by atoms with Gasteiger partial charge in [-0.05, 0) is 25.7 Å². The van der Waals surface area contributed by atoms with E-state index in [1.54, 1.807) is 7.11 Å². The number of fused-ring (bicyclic) bond motifs is 1. The molecule has 1 aliphatic carbocycles. The molecule has 116 valence electrons. The van der Waals surface area contributed by atoms with E-state index in [0.717, 1.165) is 24.7 Å². The summed E-state index contributed by atoms with van der Waals surface area (Å²) in [5.74, 6) is 2.60. The van der Waals surface area contributed by atoms with Crippen LogP contribution in [0, 0.1) is 5.92 Å². The number of hydrogen-bond donors (Lipinski definition) is 0. The summed E-state index contributed by atoms with van der Waals surface area (Å²) in [5, 5.41) is 8.44. The highest BCUT2D eigenvalue weighted by atomic mass is 16.5. The van der Waals surface area contributed by atoms with Gasteiger partial charge in [0.25, 0.3) is 0 Å². The number of hydrogen-bond acceptors (Lipinski definition) is 4. The van der Waals surface area contributed by atoms with Crippen molar-refractivity contribution in [1.82, 2.24) is 19.7 Å². The number of rotatable bonds is 4. The highest BCUT2D eigenvalue weighted by molar-refractivity contribution is 5.77. The second-order valence-corrected chi connectivity index (χ2v) is 6.18. The monoisotopic (exact) mass is 292 g/mol. The van der Waals surface area contributed by atoms with E-state index in [2.05, 4.69) is 14.8 Å². The van der Waals surface area contributed by atoms with E-state index in [1.165, 1.54) is 25.7 Å². The molecule has 0 aromatic carbocycles. The minimum atomic E-state index is 0.00533. The predicted octanol–water partition coefficient (Wildman–Crippen LogP) is 1.91. The molecule has 6 nitrogen and oxygen atoms in total. The molecule has 1 aromatic rings. The molecule has 1 aliphatic heterocycles. The summed E-state index contributed by atoms with van der Waals surface area (Å²) in [6, 6.07) is 0.00533. The molecule has 1 aromatic heterocycles. The van der Waals surface area contributed by atoms with Crippen molar-refractivity contribution >= 4 is 5.91 Å². The molecule has 0 bridgehead atoms. The Balaban J connectivity index is 1.69. The molecule has 0 spiro atoms. The summed E-state index contributed by atoms with van der Waals surface area (Å²) in [7, 11) is 1.66. The molecule has 1 amide bonds. The molecule has 1 unspecified atom stereocenters. The van der Waals surface area contributed by atoms with Gasteiger partial charge in [0.15, 0.2) is 11.6 Å². The third-order valence-electron chi connectivity index (χ3n) is 4.79. The zero-order chi connectivity index (χ0) is 14.8. The predicted molar refractivity (Wildman–Crippen MR) is 77.4 cm³/mol. The zero-order valence-corrected chi connectivity index (χ0v) is 12.9. The maximum absolute atomic E-state index is 12.6. The van der Waals surface area contributed by atoms with Crippen LogP contribution in [-0.2, 0) is 22.7 Å². The maximum atomic E-state index is 12.6. The first kappa shape index (κ1) is 14.5. The van der Waals surface area contributed by atoms with Crippen LogP contribution < -0.4 is 0 Å². The van der Waals surface area contributed by atoms with Crippen LogP contribution in [-0.4, -0.2) is 39.2 Å². The fourth-order valence-electron chi connectivity index (χ4n) is 3.60. The molecule has 6 heteroatoms. The molecule has 1 atom stereocenters. The van der Waals surface area contributed by atoms with Gasteiger partial charge in [0.05, 0.1) is 6.04 Å². The van der Waals surface area contributed by atoms with Crippen LogP contribution in [0.25, 0.3) is 0 Å². The zero-order valence-electron chi connectivity index (χ0n) is 12.9. The topological polar surface area (TPSA) is 60.3 Å². The molecular weight excluding hydrogens is 268 g/mol. The summed E-state index contributed by atoms with van der Waals surface area (Å²) >= 11 is 0. The Labute approximate surface area is 125 Å². The summed E-state index contributed by atoms with van der Waals surface area (Å²) in [6.45, 7) is 4.02. The Morgan fingerprint density at radius 3 is 2.76 bits per heavy atom. The van der Waals surface area contributed by atoms with Gasteiger partial charge in [-0.15, -0.1) is 10.2 Å². The van der Waals surface area contributed by atoms with E-state index in [9.17, 15) is 4.79 Å². The van der Waals surface area contributed by atoms with Gasteiger partial charge in [-0.1, -0.05) is 12.8 Å². The fourth-order valence-corrected chi connectivity index (χ4v) is 3.60. The third kappa shape index (κ3) is 2.81. The molecule has 21 heavy (non-hydrogen) atoms. The second-order valence-electron chi connectivity index (χ2n) is 6.18. The number of aromatic nitrogens is 3. The second kappa shape index (κ2) is 6.13. The Hall–Kier alpha value is -1.43. The minimum absolute atomic E-state index is 0.00533. The van der Waals surface area contributed by atoms with Gasteiger partial charge in [0.2, 0.25) is 5.91 Å². The molecule has 3 rings (SSSR count). The SMILES string of the molecule is COCc1nnc2n1CCN(C(=O)CC1CCCC1)C2C. The molecule has 2 heterocycles. The van der Waals surface area contributed by atoms with Crippen molar-refractivity contribution in [3.63, 3.8) is 0 Å². The van der Waals surface area contributed by atoms with E-state index in [1.807, 2.05) is 11.8 Å². The van der Waals surface area contributed by atoms with E-state index in [-0.39, 0.29) is 11.9 Å². The Bertz CT molecular complexity index is 508. The van der Waals surface area contributed by atoms with Crippen molar-refractivity contribution in [2.75, 3.05) is 13.7 Å². The lowest BCUT2D eigenvalue weighted by atomic mass is 10.0. The number of methoxy groups -OCH3 is 1. The number of amides is 1. The maximum Gasteiger partial charge on any atom is 0.223 e. The lowest BCUT2D eigenvalue weighted by Crippen LogP contribution is -2.42. The normalized spacial score (nSPS) is 22.6. The number of carbonyl (C=O) groups is 1. The lowest BCUT2D eigenvalue weighted by molar-refractivity contribution is -0.135. The smallest absolute Gasteiger partial charge is 0.223 e. The molecule has 0 saturated heterocycles. The standard InChI is InChI=1S/C15H24N4O2/c1-11-15-17-16-13(10-21-2)19(15)8-7-18(11)14(20)9-12-5-3-4-6-12/h11-12H,3-10H2,1-2H3. The van der Waals surface area contributed by atoms with Gasteiger partial charge < -0.3 is 14.2 Å². The van der Waals surface area contributed by atoms with Gasteiger partial charge >= 0.3 is 0 Å². The van der Waals surface area contributed by atoms with E-state index < -0.39 is 0 Å². The van der Waals surface area contributed by atoms with Crippen LogP contribution in [0.3, 0.4) is 0 Å². The molecule has 0 radical (unpaired) electrons. The van der Waals surface area contributed by atoms with Gasteiger partial charge in [0.1, 0.15) is 6.61 Å². The van der Waals surface area contributed by atoms with Gasteiger partial charge in [-0.2, -0.15) is 0 Å². The lowest BCUT2D eigenvalue weighted by Gasteiger charge is -2.34. The van der Waals surface area contributed by atoms with Gasteiger partial charge in [-0.25, -0.2) is 0 Å². The quantitative estimate of drug-likeness (QED) is 0.850. The largest absolute Gasteiger partial charge is 0.377 e. The van der Waals surface area contributed by atoms with Crippen LogP contribution in [0.4, 0.5) is 0 Å². The van der Waals surface area contributed by atoms with E-state index in [4.69, 9.17) is 4.74 Å². The van der Waals surface area contributed by atoms with Gasteiger partial charge in [-0.3, -0.25) is 4.79 Å². The highest BCUT2D eigenvalue weighted by Gasteiger charge is 2.32. The Kier molecular flexibility index (Phi) is 4.24. The van der Waals surface area contributed by atoms with Crippen molar-refractivity contribution in [3.8, 4) is 0 Å². The first-order chi connectivity index (χ1) is 10.2. The summed E-state index contributed by atoms with van der Waals surface area (Å²) < 4.78 is 7.24. The average Bonchev–Trinajstić information content (AvgIpc) is 3.10. The molecule has 2 aliphatic rings. The van der Waals surface area contributed by atoms with Crippen molar-refractivity contribution in [3.05, 3.63) is 11.6 Å². The fraction of sp³-hybridized carbons (Fsp3) is 0.800. The van der Waals surface area contributed by atoms with E-state index in [0.29, 0.717) is 18.9 Å². The van der Waals surface area contributed by atoms with Crippen LogP contribution >= 0.6 is 0 Å². The number of ether oxygens (including phenoxy) is 1. The van der Waals surface area contributed by atoms with Crippen LogP contribution in [0.15, 0.2) is 0 Å². The van der Waals surface area contributed by atoms with Crippen LogP contribution in [0.5, 0.6) is 0 Å². The van der Waals surface area contributed by atoms with Crippen molar-refractivity contribution in [1.29, 1.82) is 0 Å². The first-order valence-electron chi connectivity index (χ1n) is 7.91. The summed E-state index contributed by atoms with van der Waals surface area (Å²) in [5.41, 5.74) is 0. The van der Waals surface area contributed by atoms with E-state index >= 15 is 0 Å². The Morgan fingerprint density at radius 2 is 2.05 bits per heavy atom. The molecule has 1 fully saturated rings. The number of carbonyl (C=O) groups excluding carboxylic acids is 1. The van der Waals surface area contributed by atoms with Crippen molar-refractivity contribution in [2.24, 2.45) is 5.92 Å². The molecule has 0 N–H and O–H groups in total. The van der Waals surface area contributed by atoms with Crippen LogP contribution in [0.1, 0.15) is 56.7 Å². The average molecular weight is 292 g/mol. The van der Waals surface area contributed by atoms with Crippen molar-refractivity contribution in [2.45, 2.75) is 58.2 Å².